The van der Waals surface area contributed by atoms with Crippen LogP contribution in [0.1, 0.15) is 17.5 Å². The average Bonchev–Trinajstić information content (AvgIpc) is 2.76. The van der Waals surface area contributed by atoms with Crippen molar-refractivity contribution in [3.63, 3.8) is 0 Å². The van der Waals surface area contributed by atoms with E-state index in [1.165, 1.54) is 0 Å². The van der Waals surface area contributed by atoms with Crippen molar-refractivity contribution in [3.05, 3.63) is 84.2 Å². The zero-order valence-electron chi connectivity index (χ0n) is 16.2. The number of carbonyl (C=O) groups excluding carboxylic acids is 1. The highest BCUT2D eigenvalue weighted by Gasteiger charge is 2.17. The first-order chi connectivity index (χ1) is 13.7. The Bertz CT molecular complexity index is 912. The Hall–Kier alpha value is -3.34. The molecule has 1 aromatic heterocycles. The zero-order chi connectivity index (χ0) is 19.8. The van der Waals surface area contributed by atoms with Crippen LogP contribution in [-0.2, 0) is 17.8 Å². The molecule has 0 spiro atoms. The minimum atomic E-state index is 0.0416. The second kappa shape index (κ2) is 9.55. The molecule has 2 aromatic carbocycles. The summed E-state index contributed by atoms with van der Waals surface area (Å²) in [4.78, 5) is 19.0. The third kappa shape index (κ3) is 5.10. The van der Waals surface area contributed by atoms with Gasteiger partial charge in [0.25, 0.3) is 0 Å². The molecule has 1 heterocycles. The fourth-order valence-corrected chi connectivity index (χ4v) is 2.99. The van der Waals surface area contributed by atoms with Crippen LogP contribution in [0.3, 0.4) is 0 Å². The van der Waals surface area contributed by atoms with Crippen molar-refractivity contribution in [1.82, 2.24) is 4.98 Å². The van der Waals surface area contributed by atoms with Gasteiger partial charge in [-0.2, -0.15) is 0 Å². The van der Waals surface area contributed by atoms with Crippen molar-refractivity contribution in [2.75, 3.05) is 19.1 Å². The van der Waals surface area contributed by atoms with Crippen LogP contribution in [0, 0.1) is 0 Å². The van der Waals surface area contributed by atoms with E-state index in [4.69, 9.17) is 9.47 Å². The first-order valence-corrected chi connectivity index (χ1v) is 9.16. The zero-order valence-corrected chi connectivity index (χ0v) is 16.2. The van der Waals surface area contributed by atoms with E-state index in [1.807, 2.05) is 60.7 Å². The Labute approximate surface area is 165 Å². The molecule has 0 aliphatic carbocycles. The Morgan fingerprint density at radius 1 is 0.929 bits per heavy atom. The number of hydrogen-bond donors (Lipinski definition) is 0. The highest BCUT2D eigenvalue weighted by Crippen LogP contribution is 2.24. The van der Waals surface area contributed by atoms with Crippen LogP contribution in [0.2, 0.25) is 0 Å². The predicted molar refractivity (Wildman–Crippen MR) is 110 cm³/mol. The molecule has 0 fully saturated rings. The number of rotatable bonds is 8. The number of hydrogen-bond acceptors (Lipinski definition) is 4. The first-order valence-electron chi connectivity index (χ1n) is 9.16. The third-order valence-corrected chi connectivity index (χ3v) is 4.49. The monoisotopic (exact) mass is 376 g/mol. The second-order valence-corrected chi connectivity index (χ2v) is 6.39. The summed E-state index contributed by atoms with van der Waals surface area (Å²) < 4.78 is 10.6. The Morgan fingerprint density at radius 2 is 1.64 bits per heavy atom. The van der Waals surface area contributed by atoms with Crippen LogP contribution in [0.5, 0.6) is 11.5 Å². The van der Waals surface area contributed by atoms with Gasteiger partial charge in [0.05, 0.1) is 20.8 Å². The van der Waals surface area contributed by atoms with Crippen molar-refractivity contribution < 1.29 is 14.3 Å². The predicted octanol–water partition coefficient (Wildman–Crippen LogP) is 4.26. The van der Waals surface area contributed by atoms with Gasteiger partial charge in [0.15, 0.2) is 0 Å². The van der Waals surface area contributed by atoms with Gasteiger partial charge in [0.1, 0.15) is 11.5 Å². The molecule has 0 unspecified atom stereocenters. The summed E-state index contributed by atoms with van der Waals surface area (Å²) in [6, 6.07) is 19.2. The molecule has 0 saturated heterocycles. The number of amides is 1. The lowest BCUT2D eigenvalue weighted by Crippen LogP contribution is -2.30. The minimum absolute atomic E-state index is 0.0416. The molecule has 3 aromatic rings. The third-order valence-electron chi connectivity index (χ3n) is 4.49. The average molecular weight is 376 g/mol. The summed E-state index contributed by atoms with van der Waals surface area (Å²) in [6.07, 6.45) is 4.54. The smallest absolute Gasteiger partial charge is 0.227 e. The number of methoxy groups -OCH3 is 2. The maximum Gasteiger partial charge on any atom is 0.227 e. The van der Waals surface area contributed by atoms with E-state index >= 15 is 0 Å². The molecule has 5 nitrogen and oxygen atoms in total. The topological polar surface area (TPSA) is 51.7 Å². The number of pyridine rings is 1. The summed E-state index contributed by atoms with van der Waals surface area (Å²) in [5, 5.41) is 0. The van der Waals surface area contributed by atoms with Crippen molar-refractivity contribution in [2.24, 2.45) is 0 Å². The lowest BCUT2D eigenvalue weighted by molar-refractivity contribution is -0.118. The van der Waals surface area contributed by atoms with Crippen LogP contribution in [0.4, 0.5) is 5.69 Å². The first kappa shape index (κ1) is 19.4. The van der Waals surface area contributed by atoms with Gasteiger partial charge in [-0.25, -0.2) is 0 Å². The van der Waals surface area contributed by atoms with Gasteiger partial charge in [-0.05, 0) is 47.9 Å². The molecule has 28 heavy (non-hydrogen) atoms. The van der Waals surface area contributed by atoms with Crippen LogP contribution >= 0.6 is 0 Å². The molecule has 144 valence electrons. The van der Waals surface area contributed by atoms with Crippen molar-refractivity contribution in [2.45, 2.75) is 19.4 Å². The molecule has 0 radical (unpaired) electrons. The van der Waals surface area contributed by atoms with Gasteiger partial charge in [0, 0.05) is 30.6 Å². The maximum absolute atomic E-state index is 13.1. The number of ether oxygens (including phenoxy) is 2. The molecule has 0 atom stereocenters. The fourth-order valence-electron chi connectivity index (χ4n) is 2.99. The number of carbonyl (C=O) groups is 1. The van der Waals surface area contributed by atoms with E-state index in [2.05, 4.69) is 4.98 Å². The number of nitrogens with zero attached hydrogens (tertiary/aromatic N) is 2. The molecule has 0 aliphatic rings. The van der Waals surface area contributed by atoms with Gasteiger partial charge < -0.3 is 14.4 Å². The summed E-state index contributed by atoms with van der Waals surface area (Å²) in [5.74, 6) is 1.55. The summed E-state index contributed by atoms with van der Waals surface area (Å²) in [7, 11) is 3.26. The number of aromatic nitrogens is 1. The van der Waals surface area contributed by atoms with Crippen molar-refractivity contribution in [1.29, 1.82) is 0 Å². The molecule has 3 rings (SSSR count). The number of benzene rings is 2. The standard InChI is InChI=1S/C23H24N2O3/c1-27-21-9-3-6-18(14-21)11-12-23(26)25(17-19-7-5-13-24-16-19)20-8-4-10-22(15-20)28-2/h3-10,13-16H,11-12,17H2,1-2H3. The quantitative estimate of drug-likeness (QED) is 0.589. The summed E-state index contributed by atoms with van der Waals surface area (Å²) in [6.45, 7) is 0.456. The van der Waals surface area contributed by atoms with E-state index in [-0.39, 0.29) is 5.91 Å². The Balaban J connectivity index is 1.79. The van der Waals surface area contributed by atoms with E-state index in [1.54, 1.807) is 31.5 Å². The number of anilines is 1. The van der Waals surface area contributed by atoms with Crippen LogP contribution in [0.15, 0.2) is 73.1 Å². The molecule has 0 aliphatic heterocycles. The van der Waals surface area contributed by atoms with Crippen LogP contribution < -0.4 is 14.4 Å². The van der Waals surface area contributed by atoms with Gasteiger partial charge in [0.2, 0.25) is 5.91 Å². The number of aryl methyl sites for hydroxylation is 1. The van der Waals surface area contributed by atoms with Gasteiger partial charge in [-0.15, -0.1) is 0 Å². The minimum Gasteiger partial charge on any atom is -0.497 e. The second-order valence-electron chi connectivity index (χ2n) is 6.39. The Kier molecular flexibility index (Phi) is 6.63. The SMILES string of the molecule is COc1cccc(CCC(=O)N(Cc2cccnc2)c2cccc(OC)c2)c1. The van der Waals surface area contributed by atoms with E-state index in [0.717, 1.165) is 22.6 Å². The molecule has 5 heteroatoms. The normalized spacial score (nSPS) is 10.4. The van der Waals surface area contributed by atoms with Crippen LogP contribution in [-0.4, -0.2) is 25.1 Å². The molecular formula is C23H24N2O3. The summed E-state index contributed by atoms with van der Waals surface area (Å²) >= 11 is 0. The highest BCUT2D eigenvalue weighted by atomic mass is 16.5. The summed E-state index contributed by atoms with van der Waals surface area (Å²) in [5.41, 5.74) is 2.85. The molecule has 0 bridgehead atoms. The molecule has 0 saturated carbocycles. The van der Waals surface area contributed by atoms with E-state index < -0.39 is 0 Å². The van der Waals surface area contributed by atoms with Gasteiger partial charge in [-0.1, -0.05) is 24.3 Å². The maximum atomic E-state index is 13.1. The highest BCUT2D eigenvalue weighted by molar-refractivity contribution is 5.93. The van der Waals surface area contributed by atoms with E-state index in [0.29, 0.717) is 25.1 Å². The molecule has 0 N–H and O–H groups in total. The lowest BCUT2D eigenvalue weighted by atomic mass is 10.1. The van der Waals surface area contributed by atoms with Gasteiger partial charge >= 0.3 is 0 Å². The lowest BCUT2D eigenvalue weighted by Gasteiger charge is -2.23. The van der Waals surface area contributed by atoms with Crippen molar-refractivity contribution >= 4 is 11.6 Å². The largest absolute Gasteiger partial charge is 0.497 e. The van der Waals surface area contributed by atoms with E-state index in [9.17, 15) is 4.79 Å². The van der Waals surface area contributed by atoms with Crippen molar-refractivity contribution in [3.8, 4) is 11.5 Å². The molecular weight excluding hydrogens is 352 g/mol. The molecule has 1 amide bonds. The van der Waals surface area contributed by atoms with Gasteiger partial charge in [-0.3, -0.25) is 9.78 Å². The van der Waals surface area contributed by atoms with Crippen LogP contribution in [0.25, 0.3) is 0 Å². The fraction of sp³-hybridized carbons (Fsp3) is 0.217. The Morgan fingerprint density at radius 3 is 2.36 bits per heavy atom.